The lowest BCUT2D eigenvalue weighted by molar-refractivity contribution is -0.122. The molecule has 0 aromatic rings. The fourth-order valence-corrected chi connectivity index (χ4v) is 1.79. The molecule has 1 rings (SSSR count). The van der Waals surface area contributed by atoms with Crippen LogP contribution in [0.3, 0.4) is 0 Å². The van der Waals surface area contributed by atoms with Crippen LogP contribution in [0.2, 0.25) is 0 Å². The van der Waals surface area contributed by atoms with E-state index in [2.05, 4.69) is 10.6 Å². The van der Waals surface area contributed by atoms with E-state index in [0.29, 0.717) is 25.7 Å². The molecule has 1 atom stereocenters. The Hall–Kier alpha value is -0.610. The Morgan fingerprint density at radius 1 is 1.60 bits per heavy atom. The van der Waals surface area contributed by atoms with Gasteiger partial charge in [0.15, 0.2) is 0 Å². The number of rotatable bonds is 7. The predicted octanol–water partition coefficient (Wildman–Crippen LogP) is 0.671. The third-order valence-corrected chi connectivity index (χ3v) is 2.65. The quantitative estimate of drug-likeness (QED) is 0.612. The highest BCUT2D eigenvalue weighted by molar-refractivity contribution is 5.75. The lowest BCUT2D eigenvalue weighted by atomic mass is 10.1. The van der Waals surface area contributed by atoms with Crippen molar-refractivity contribution in [1.29, 1.82) is 0 Å². The summed E-state index contributed by atoms with van der Waals surface area (Å²) in [5.74, 6) is 0.0986. The fourth-order valence-electron chi connectivity index (χ4n) is 1.79. The summed E-state index contributed by atoms with van der Waals surface area (Å²) in [6, 6.07) is 0.609. The first-order valence-electron chi connectivity index (χ1n) is 5.90. The molecule has 4 heteroatoms. The van der Waals surface area contributed by atoms with Gasteiger partial charge in [-0.25, -0.2) is 0 Å². The van der Waals surface area contributed by atoms with Gasteiger partial charge in [-0.3, -0.25) is 4.79 Å². The standard InChI is InChI=1S/C11H22N2O2/c1-2-15-9-6-11(14)13-8-5-10-4-3-7-12-10/h10,12H,2-9H2,1H3,(H,13,14)/t10-/m1/s1. The number of ether oxygens (including phenoxy) is 1. The van der Waals surface area contributed by atoms with Crippen LogP contribution in [0.5, 0.6) is 0 Å². The second-order valence-electron chi connectivity index (χ2n) is 3.88. The molecule has 0 bridgehead atoms. The average molecular weight is 214 g/mol. The molecule has 15 heavy (non-hydrogen) atoms. The van der Waals surface area contributed by atoms with E-state index < -0.39 is 0 Å². The summed E-state index contributed by atoms with van der Waals surface area (Å²) in [5, 5.41) is 6.32. The van der Waals surface area contributed by atoms with Gasteiger partial charge >= 0.3 is 0 Å². The molecule has 1 heterocycles. The van der Waals surface area contributed by atoms with Crippen molar-refractivity contribution in [2.24, 2.45) is 0 Å². The Bertz CT molecular complexity index is 179. The molecule has 4 nitrogen and oxygen atoms in total. The average Bonchev–Trinajstić information content (AvgIpc) is 2.71. The van der Waals surface area contributed by atoms with Crippen molar-refractivity contribution >= 4 is 5.91 Å². The van der Waals surface area contributed by atoms with Crippen LogP contribution in [0.25, 0.3) is 0 Å². The topological polar surface area (TPSA) is 50.4 Å². The summed E-state index contributed by atoms with van der Waals surface area (Å²) in [6.45, 7) is 5.05. The van der Waals surface area contributed by atoms with E-state index in [0.717, 1.165) is 19.5 Å². The molecular weight excluding hydrogens is 192 g/mol. The highest BCUT2D eigenvalue weighted by Gasteiger charge is 2.13. The van der Waals surface area contributed by atoms with Crippen molar-refractivity contribution in [2.75, 3.05) is 26.3 Å². The molecule has 1 aliphatic heterocycles. The zero-order chi connectivity index (χ0) is 10.9. The van der Waals surface area contributed by atoms with Gasteiger partial charge in [0.1, 0.15) is 0 Å². The zero-order valence-corrected chi connectivity index (χ0v) is 9.55. The van der Waals surface area contributed by atoms with Crippen molar-refractivity contribution in [3.8, 4) is 0 Å². The van der Waals surface area contributed by atoms with E-state index in [4.69, 9.17) is 4.74 Å². The number of nitrogens with one attached hydrogen (secondary N) is 2. The van der Waals surface area contributed by atoms with E-state index in [1.807, 2.05) is 6.92 Å². The number of carbonyl (C=O) groups is 1. The maximum Gasteiger partial charge on any atom is 0.222 e. The molecule has 0 aliphatic carbocycles. The van der Waals surface area contributed by atoms with E-state index in [9.17, 15) is 4.79 Å². The van der Waals surface area contributed by atoms with Crippen LogP contribution in [0, 0.1) is 0 Å². The maximum absolute atomic E-state index is 11.3. The van der Waals surface area contributed by atoms with E-state index in [1.54, 1.807) is 0 Å². The SMILES string of the molecule is CCOCCC(=O)NCC[C@H]1CCCN1. The predicted molar refractivity (Wildman–Crippen MR) is 59.8 cm³/mol. The van der Waals surface area contributed by atoms with Gasteiger partial charge in [-0.05, 0) is 32.7 Å². The summed E-state index contributed by atoms with van der Waals surface area (Å²) in [5.41, 5.74) is 0. The molecule has 88 valence electrons. The number of carbonyl (C=O) groups excluding carboxylic acids is 1. The first kappa shape index (κ1) is 12.5. The lowest BCUT2D eigenvalue weighted by Gasteiger charge is -2.10. The van der Waals surface area contributed by atoms with Crippen molar-refractivity contribution in [2.45, 2.75) is 38.6 Å². The monoisotopic (exact) mass is 214 g/mol. The van der Waals surface area contributed by atoms with E-state index in [-0.39, 0.29) is 5.91 Å². The van der Waals surface area contributed by atoms with Crippen LogP contribution in [-0.4, -0.2) is 38.3 Å². The minimum absolute atomic E-state index is 0.0986. The molecule has 0 radical (unpaired) electrons. The summed E-state index contributed by atoms with van der Waals surface area (Å²) in [4.78, 5) is 11.3. The molecular formula is C11H22N2O2. The third-order valence-electron chi connectivity index (χ3n) is 2.65. The molecule has 0 unspecified atom stereocenters. The molecule has 1 saturated heterocycles. The molecule has 0 aromatic carbocycles. The van der Waals surface area contributed by atoms with Gasteiger partial charge in [0.2, 0.25) is 5.91 Å². The molecule has 0 aromatic heterocycles. The fraction of sp³-hybridized carbons (Fsp3) is 0.909. The smallest absolute Gasteiger partial charge is 0.222 e. The second-order valence-corrected chi connectivity index (χ2v) is 3.88. The third kappa shape index (κ3) is 5.74. The van der Waals surface area contributed by atoms with Crippen LogP contribution >= 0.6 is 0 Å². The van der Waals surface area contributed by atoms with Gasteiger partial charge in [-0.2, -0.15) is 0 Å². The molecule has 1 fully saturated rings. The summed E-state index contributed by atoms with van der Waals surface area (Å²) in [7, 11) is 0. The maximum atomic E-state index is 11.3. The second kappa shape index (κ2) is 7.65. The first-order chi connectivity index (χ1) is 7.33. The van der Waals surface area contributed by atoms with Crippen LogP contribution in [0.1, 0.15) is 32.6 Å². The molecule has 2 N–H and O–H groups in total. The molecule has 1 aliphatic rings. The van der Waals surface area contributed by atoms with Crippen LogP contribution < -0.4 is 10.6 Å². The Labute approximate surface area is 91.8 Å². The van der Waals surface area contributed by atoms with Crippen molar-refractivity contribution in [3.63, 3.8) is 0 Å². The first-order valence-corrected chi connectivity index (χ1v) is 5.90. The lowest BCUT2D eigenvalue weighted by Crippen LogP contribution is -2.31. The Morgan fingerprint density at radius 3 is 3.13 bits per heavy atom. The summed E-state index contributed by atoms with van der Waals surface area (Å²) < 4.78 is 5.11. The van der Waals surface area contributed by atoms with Crippen molar-refractivity contribution in [3.05, 3.63) is 0 Å². The Kier molecular flexibility index (Phi) is 6.36. The van der Waals surface area contributed by atoms with Gasteiger partial charge in [0.05, 0.1) is 6.61 Å². The summed E-state index contributed by atoms with van der Waals surface area (Å²) >= 11 is 0. The summed E-state index contributed by atoms with van der Waals surface area (Å²) in [6.07, 6.45) is 4.03. The molecule has 0 saturated carbocycles. The van der Waals surface area contributed by atoms with Crippen molar-refractivity contribution in [1.82, 2.24) is 10.6 Å². The van der Waals surface area contributed by atoms with Crippen LogP contribution in [0.4, 0.5) is 0 Å². The van der Waals surface area contributed by atoms with Gasteiger partial charge < -0.3 is 15.4 Å². The van der Waals surface area contributed by atoms with Gasteiger partial charge in [0, 0.05) is 25.6 Å². The van der Waals surface area contributed by atoms with E-state index in [1.165, 1.54) is 12.8 Å². The zero-order valence-electron chi connectivity index (χ0n) is 9.55. The van der Waals surface area contributed by atoms with Gasteiger partial charge in [-0.1, -0.05) is 0 Å². The van der Waals surface area contributed by atoms with Crippen molar-refractivity contribution < 1.29 is 9.53 Å². The minimum Gasteiger partial charge on any atom is -0.381 e. The Balaban J connectivity index is 1.91. The minimum atomic E-state index is 0.0986. The highest BCUT2D eigenvalue weighted by atomic mass is 16.5. The number of hydrogen-bond acceptors (Lipinski definition) is 3. The molecule has 0 spiro atoms. The molecule has 1 amide bonds. The normalized spacial score (nSPS) is 20.5. The van der Waals surface area contributed by atoms with Gasteiger partial charge in [0.25, 0.3) is 0 Å². The van der Waals surface area contributed by atoms with Gasteiger partial charge in [-0.15, -0.1) is 0 Å². The number of amides is 1. The van der Waals surface area contributed by atoms with Crippen LogP contribution in [0.15, 0.2) is 0 Å². The number of hydrogen-bond donors (Lipinski definition) is 2. The van der Waals surface area contributed by atoms with E-state index >= 15 is 0 Å². The largest absolute Gasteiger partial charge is 0.381 e. The Morgan fingerprint density at radius 2 is 2.47 bits per heavy atom. The van der Waals surface area contributed by atoms with Crippen LogP contribution in [-0.2, 0) is 9.53 Å². The highest BCUT2D eigenvalue weighted by Crippen LogP contribution is 2.07.